The van der Waals surface area contributed by atoms with Crippen LogP contribution in [-0.2, 0) is 27.2 Å². The number of benzene rings is 2. The SMILES string of the molecule is O=C(CCc1ccccc1)Oc1cccc2c1[C@@H](N1C(=O)C=CC1=O)CC2. The predicted octanol–water partition coefficient (Wildman–Crippen LogP) is 3.14. The van der Waals surface area contributed by atoms with Gasteiger partial charge in [-0.15, -0.1) is 0 Å². The van der Waals surface area contributed by atoms with Crippen LogP contribution in [0.3, 0.4) is 0 Å². The smallest absolute Gasteiger partial charge is 0.311 e. The minimum atomic E-state index is -0.381. The number of amides is 2. The molecule has 0 bridgehead atoms. The molecule has 2 amide bonds. The van der Waals surface area contributed by atoms with Crippen molar-refractivity contribution in [3.8, 4) is 5.75 Å². The van der Waals surface area contributed by atoms with Crippen LogP contribution in [0.1, 0.15) is 35.6 Å². The summed E-state index contributed by atoms with van der Waals surface area (Å²) in [6, 6.07) is 14.9. The van der Waals surface area contributed by atoms with Crippen molar-refractivity contribution < 1.29 is 19.1 Å². The van der Waals surface area contributed by atoms with E-state index in [0.29, 0.717) is 18.6 Å². The largest absolute Gasteiger partial charge is 0.426 e. The van der Waals surface area contributed by atoms with Crippen LogP contribution >= 0.6 is 0 Å². The van der Waals surface area contributed by atoms with E-state index in [1.165, 1.54) is 17.1 Å². The minimum Gasteiger partial charge on any atom is -0.426 e. The first kappa shape index (κ1) is 17.2. The molecular weight excluding hydrogens is 342 g/mol. The second-order valence-electron chi connectivity index (χ2n) is 6.72. The van der Waals surface area contributed by atoms with Gasteiger partial charge in [-0.3, -0.25) is 19.3 Å². The van der Waals surface area contributed by atoms with Crippen LogP contribution in [0.25, 0.3) is 0 Å². The molecule has 2 aromatic carbocycles. The van der Waals surface area contributed by atoms with E-state index in [1.807, 2.05) is 42.5 Å². The Morgan fingerprint density at radius 2 is 1.74 bits per heavy atom. The van der Waals surface area contributed by atoms with Crippen molar-refractivity contribution in [2.24, 2.45) is 0 Å². The highest BCUT2D eigenvalue weighted by molar-refractivity contribution is 6.13. The topological polar surface area (TPSA) is 63.7 Å². The Kier molecular flexibility index (Phi) is 4.59. The molecule has 0 saturated carbocycles. The summed E-state index contributed by atoms with van der Waals surface area (Å²) in [5, 5.41) is 0. The highest BCUT2D eigenvalue weighted by atomic mass is 16.5. The Morgan fingerprint density at radius 3 is 2.48 bits per heavy atom. The molecule has 0 fully saturated rings. The van der Waals surface area contributed by atoms with E-state index in [4.69, 9.17) is 4.74 Å². The van der Waals surface area contributed by atoms with Crippen LogP contribution < -0.4 is 4.74 Å². The lowest BCUT2D eigenvalue weighted by Crippen LogP contribution is -2.33. The predicted molar refractivity (Wildman–Crippen MR) is 98.9 cm³/mol. The first-order valence-corrected chi connectivity index (χ1v) is 9.05. The zero-order valence-corrected chi connectivity index (χ0v) is 14.8. The molecular formula is C22H19NO4. The maximum absolute atomic E-state index is 12.4. The molecule has 4 rings (SSSR count). The van der Waals surface area contributed by atoms with E-state index in [9.17, 15) is 14.4 Å². The number of hydrogen-bond acceptors (Lipinski definition) is 4. The van der Waals surface area contributed by atoms with Crippen LogP contribution in [0.2, 0.25) is 0 Å². The zero-order valence-electron chi connectivity index (χ0n) is 14.8. The van der Waals surface area contributed by atoms with Crippen molar-refractivity contribution >= 4 is 17.8 Å². The summed E-state index contributed by atoms with van der Waals surface area (Å²) in [6.45, 7) is 0. The van der Waals surface area contributed by atoms with Crippen LogP contribution in [0.5, 0.6) is 5.75 Å². The normalized spacial score (nSPS) is 18.1. The van der Waals surface area contributed by atoms with Gasteiger partial charge in [-0.05, 0) is 36.5 Å². The third-order valence-corrected chi connectivity index (χ3v) is 5.02. The lowest BCUT2D eigenvalue weighted by molar-refractivity contribution is -0.139. The van der Waals surface area contributed by atoms with Gasteiger partial charge in [0.05, 0.1) is 6.04 Å². The fourth-order valence-corrected chi connectivity index (χ4v) is 3.75. The highest BCUT2D eigenvalue weighted by Gasteiger charge is 2.38. The number of rotatable bonds is 5. The summed E-state index contributed by atoms with van der Waals surface area (Å²) in [5.74, 6) is -0.512. The van der Waals surface area contributed by atoms with E-state index < -0.39 is 0 Å². The fourth-order valence-electron chi connectivity index (χ4n) is 3.75. The number of hydrogen-bond donors (Lipinski definition) is 0. The van der Waals surface area contributed by atoms with Gasteiger partial charge in [0.25, 0.3) is 11.8 Å². The molecule has 0 spiro atoms. The summed E-state index contributed by atoms with van der Waals surface area (Å²) in [6.07, 6.45) is 4.83. The molecule has 2 aromatic rings. The van der Waals surface area contributed by atoms with E-state index in [1.54, 1.807) is 6.07 Å². The maximum atomic E-state index is 12.4. The molecule has 0 unspecified atom stereocenters. The molecule has 1 aliphatic heterocycles. The van der Waals surface area contributed by atoms with E-state index >= 15 is 0 Å². The molecule has 1 atom stereocenters. The van der Waals surface area contributed by atoms with Crippen LogP contribution in [0, 0.1) is 0 Å². The standard InChI is InChI=1S/C22H19NO4/c24-19-12-13-20(25)23(19)17-11-10-16-7-4-8-18(22(16)17)27-21(26)14-9-15-5-2-1-3-6-15/h1-8,12-13,17H,9-11,14H2/t17-/m0/s1. The third kappa shape index (κ3) is 3.40. The summed E-state index contributed by atoms with van der Waals surface area (Å²) in [4.78, 5) is 37.8. The quantitative estimate of drug-likeness (QED) is 0.466. The molecule has 0 aromatic heterocycles. The van der Waals surface area contributed by atoms with Gasteiger partial charge in [-0.2, -0.15) is 0 Å². The van der Waals surface area contributed by atoms with Gasteiger partial charge in [0, 0.05) is 24.1 Å². The molecule has 0 N–H and O–H groups in total. The Morgan fingerprint density at radius 1 is 1.00 bits per heavy atom. The molecule has 136 valence electrons. The summed E-state index contributed by atoms with van der Waals surface area (Å²) in [7, 11) is 0. The third-order valence-electron chi connectivity index (χ3n) is 5.02. The van der Waals surface area contributed by atoms with E-state index in [2.05, 4.69) is 0 Å². The molecule has 2 aliphatic rings. The lowest BCUT2D eigenvalue weighted by Gasteiger charge is -2.24. The van der Waals surface area contributed by atoms with Crippen molar-refractivity contribution in [3.63, 3.8) is 0 Å². The number of imide groups is 1. The average molecular weight is 361 g/mol. The molecule has 1 aliphatic carbocycles. The van der Waals surface area contributed by atoms with Crippen LogP contribution in [0.15, 0.2) is 60.7 Å². The van der Waals surface area contributed by atoms with Gasteiger partial charge in [-0.1, -0.05) is 42.5 Å². The number of carbonyl (C=O) groups is 3. The average Bonchev–Trinajstić information content (AvgIpc) is 3.24. The highest BCUT2D eigenvalue weighted by Crippen LogP contribution is 2.42. The van der Waals surface area contributed by atoms with Gasteiger partial charge in [-0.25, -0.2) is 0 Å². The van der Waals surface area contributed by atoms with Crippen LogP contribution in [0.4, 0.5) is 0 Å². The van der Waals surface area contributed by atoms with Gasteiger partial charge in [0.1, 0.15) is 5.75 Å². The maximum Gasteiger partial charge on any atom is 0.311 e. The molecule has 5 heteroatoms. The van der Waals surface area contributed by atoms with Crippen molar-refractivity contribution in [2.75, 3.05) is 0 Å². The number of carbonyl (C=O) groups excluding carboxylic acids is 3. The number of fused-ring (bicyclic) bond motifs is 1. The summed E-state index contributed by atoms with van der Waals surface area (Å²) < 4.78 is 5.63. The Hall–Kier alpha value is -3.21. The molecule has 27 heavy (non-hydrogen) atoms. The number of esters is 1. The number of nitrogens with zero attached hydrogens (tertiary/aromatic N) is 1. The monoisotopic (exact) mass is 361 g/mol. The first-order chi connectivity index (χ1) is 13.1. The van der Waals surface area contributed by atoms with Crippen molar-refractivity contribution in [3.05, 3.63) is 77.4 Å². The lowest BCUT2D eigenvalue weighted by atomic mass is 10.1. The number of ether oxygens (including phenoxy) is 1. The first-order valence-electron chi connectivity index (χ1n) is 9.05. The minimum absolute atomic E-state index is 0.265. The van der Waals surface area contributed by atoms with Gasteiger partial charge in [0.2, 0.25) is 0 Å². The fraction of sp³-hybridized carbons (Fsp3) is 0.227. The van der Waals surface area contributed by atoms with Crippen molar-refractivity contribution in [1.29, 1.82) is 0 Å². The molecule has 0 radical (unpaired) electrons. The summed E-state index contributed by atoms with van der Waals surface area (Å²) >= 11 is 0. The molecule has 5 nitrogen and oxygen atoms in total. The van der Waals surface area contributed by atoms with Crippen molar-refractivity contribution in [2.45, 2.75) is 31.7 Å². The second kappa shape index (κ2) is 7.19. The Labute approximate surface area is 157 Å². The van der Waals surface area contributed by atoms with E-state index in [-0.39, 0.29) is 30.2 Å². The number of aryl methyl sites for hydroxylation is 2. The van der Waals surface area contributed by atoms with Crippen molar-refractivity contribution in [1.82, 2.24) is 4.90 Å². The summed E-state index contributed by atoms with van der Waals surface area (Å²) in [5.41, 5.74) is 2.86. The van der Waals surface area contributed by atoms with Gasteiger partial charge in [0.15, 0.2) is 0 Å². The van der Waals surface area contributed by atoms with Crippen LogP contribution in [-0.4, -0.2) is 22.7 Å². The second-order valence-corrected chi connectivity index (χ2v) is 6.72. The molecule has 1 heterocycles. The molecule has 0 saturated heterocycles. The Bertz CT molecular complexity index is 915. The van der Waals surface area contributed by atoms with E-state index in [0.717, 1.165) is 23.1 Å². The Balaban J connectivity index is 1.51. The zero-order chi connectivity index (χ0) is 18.8. The van der Waals surface area contributed by atoms with Gasteiger partial charge < -0.3 is 4.74 Å². The van der Waals surface area contributed by atoms with Gasteiger partial charge >= 0.3 is 5.97 Å².